The number of rotatable bonds is 5. The number of hydrogen-bond donors (Lipinski definition) is 1. The van der Waals surface area contributed by atoms with E-state index in [4.69, 9.17) is 0 Å². The van der Waals surface area contributed by atoms with Crippen LogP contribution in [0.4, 0.5) is 0 Å². The third-order valence-electron chi connectivity index (χ3n) is 3.33. The van der Waals surface area contributed by atoms with Crippen LogP contribution in [0.25, 0.3) is 0 Å². The highest BCUT2D eigenvalue weighted by Gasteiger charge is 2.17. The van der Waals surface area contributed by atoms with Crippen molar-refractivity contribution >= 4 is 5.78 Å². The van der Waals surface area contributed by atoms with Crippen molar-refractivity contribution in [2.45, 2.75) is 12.8 Å². The summed E-state index contributed by atoms with van der Waals surface area (Å²) in [4.78, 5) is 18.2. The summed E-state index contributed by atoms with van der Waals surface area (Å²) in [6, 6.07) is 5.46. The number of ketones is 1. The molecule has 1 aromatic heterocycles. The molecule has 4 heteroatoms. The molecule has 1 N–H and O–H groups in total. The van der Waals surface area contributed by atoms with Crippen molar-refractivity contribution in [3.8, 4) is 0 Å². The summed E-state index contributed by atoms with van der Waals surface area (Å²) in [5.41, 5.74) is 0.561. The highest BCUT2D eigenvalue weighted by molar-refractivity contribution is 5.95. The maximum atomic E-state index is 12.0. The normalized spacial score (nSPS) is 20.0. The molecule has 1 unspecified atom stereocenters. The van der Waals surface area contributed by atoms with Crippen LogP contribution in [0.3, 0.4) is 0 Å². The molecule has 0 radical (unpaired) electrons. The predicted octanol–water partition coefficient (Wildman–Crippen LogP) is 1.20. The lowest BCUT2D eigenvalue weighted by Crippen LogP contribution is -2.38. The Labute approximate surface area is 108 Å². The van der Waals surface area contributed by atoms with E-state index in [1.165, 1.54) is 12.8 Å². The fourth-order valence-electron chi connectivity index (χ4n) is 2.44. The van der Waals surface area contributed by atoms with Crippen LogP contribution in [-0.2, 0) is 0 Å². The summed E-state index contributed by atoms with van der Waals surface area (Å²) in [5, 5.41) is 3.40. The van der Waals surface area contributed by atoms with Gasteiger partial charge in [0.25, 0.3) is 0 Å². The number of carbonyl (C=O) groups excluding carboxylic acids is 1. The SMILES string of the molecule is CN(CC(=O)c1ccccn1)CC1CCCNC1. The maximum absolute atomic E-state index is 12.0. The van der Waals surface area contributed by atoms with E-state index in [1.54, 1.807) is 12.3 Å². The Bertz CT molecular complexity index is 374. The number of hydrogen-bond acceptors (Lipinski definition) is 4. The first-order valence-corrected chi connectivity index (χ1v) is 6.59. The zero-order valence-corrected chi connectivity index (χ0v) is 10.9. The number of Topliss-reactive ketones (excluding diaryl/α,β-unsaturated/α-hetero) is 1. The average Bonchev–Trinajstić information content (AvgIpc) is 2.40. The Morgan fingerprint density at radius 1 is 1.56 bits per heavy atom. The molecular weight excluding hydrogens is 226 g/mol. The summed E-state index contributed by atoms with van der Waals surface area (Å²) in [5.74, 6) is 0.766. The Balaban J connectivity index is 1.80. The molecule has 1 atom stereocenters. The van der Waals surface area contributed by atoms with Gasteiger partial charge in [-0.05, 0) is 51.0 Å². The number of pyridine rings is 1. The van der Waals surface area contributed by atoms with E-state index in [2.05, 4.69) is 15.2 Å². The van der Waals surface area contributed by atoms with E-state index >= 15 is 0 Å². The first-order chi connectivity index (χ1) is 8.75. The summed E-state index contributed by atoms with van der Waals surface area (Å²) in [6.07, 6.45) is 4.17. The van der Waals surface area contributed by atoms with Crippen LogP contribution in [0.5, 0.6) is 0 Å². The van der Waals surface area contributed by atoms with E-state index in [1.807, 2.05) is 19.2 Å². The van der Waals surface area contributed by atoms with Gasteiger partial charge in [0, 0.05) is 12.7 Å². The van der Waals surface area contributed by atoms with Gasteiger partial charge in [-0.25, -0.2) is 0 Å². The van der Waals surface area contributed by atoms with Crippen molar-refractivity contribution in [2.24, 2.45) is 5.92 Å². The number of likely N-dealkylation sites (N-methyl/N-ethyl adjacent to an activating group) is 1. The monoisotopic (exact) mass is 247 g/mol. The second-order valence-corrected chi connectivity index (χ2v) is 5.05. The highest BCUT2D eigenvalue weighted by Crippen LogP contribution is 2.11. The van der Waals surface area contributed by atoms with Gasteiger partial charge >= 0.3 is 0 Å². The maximum Gasteiger partial charge on any atom is 0.195 e. The quantitative estimate of drug-likeness (QED) is 0.794. The molecule has 0 aromatic carbocycles. The summed E-state index contributed by atoms with van der Waals surface area (Å²) < 4.78 is 0. The zero-order chi connectivity index (χ0) is 12.8. The summed E-state index contributed by atoms with van der Waals surface area (Å²) in [7, 11) is 2.01. The van der Waals surface area contributed by atoms with E-state index < -0.39 is 0 Å². The molecule has 0 aliphatic carbocycles. The van der Waals surface area contributed by atoms with Gasteiger partial charge in [-0.1, -0.05) is 6.07 Å². The van der Waals surface area contributed by atoms with Crippen LogP contribution in [0.15, 0.2) is 24.4 Å². The molecule has 1 aliphatic heterocycles. The van der Waals surface area contributed by atoms with Crippen molar-refractivity contribution in [3.05, 3.63) is 30.1 Å². The zero-order valence-electron chi connectivity index (χ0n) is 10.9. The topological polar surface area (TPSA) is 45.2 Å². The van der Waals surface area contributed by atoms with Gasteiger partial charge in [0.1, 0.15) is 5.69 Å². The first-order valence-electron chi connectivity index (χ1n) is 6.59. The van der Waals surface area contributed by atoms with Crippen LogP contribution < -0.4 is 5.32 Å². The molecule has 0 spiro atoms. The van der Waals surface area contributed by atoms with Gasteiger partial charge in [-0.3, -0.25) is 14.7 Å². The first kappa shape index (κ1) is 13.2. The molecule has 2 rings (SSSR count). The molecule has 1 fully saturated rings. The van der Waals surface area contributed by atoms with Crippen molar-refractivity contribution in [1.29, 1.82) is 0 Å². The van der Waals surface area contributed by atoms with E-state index in [0.29, 0.717) is 18.2 Å². The highest BCUT2D eigenvalue weighted by atomic mass is 16.1. The fourth-order valence-corrected chi connectivity index (χ4v) is 2.44. The van der Waals surface area contributed by atoms with Crippen LogP contribution in [0.1, 0.15) is 23.3 Å². The molecule has 1 aromatic rings. The molecule has 0 amide bonds. The predicted molar refractivity (Wildman–Crippen MR) is 71.7 cm³/mol. The molecule has 0 bridgehead atoms. The molecule has 98 valence electrons. The van der Waals surface area contributed by atoms with E-state index in [9.17, 15) is 4.79 Å². The van der Waals surface area contributed by atoms with Gasteiger partial charge in [0.05, 0.1) is 6.54 Å². The van der Waals surface area contributed by atoms with Gasteiger partial charge < -0.3 is 5.32 Å². The van der Waals surface area contributed by atoms with Gasteiger partial charge in [-0.15, -0.1) is 0 Å². The Hall–Kier alpha value is -1.26. The molecule has 4 nitrogen and oxygen atoms in total. The Kier molecular flexibility index (Phi) is 4.84. The van der Waals surface area contributed by atoms with Crippen LogP contribution in [0, 0.1) is 5.92 Å². The van der Waals surface area contributed by atoms with Crippen LogP contribution in [-0.4, -0.2) is 48.9 Å². The van der Waals surface area contributed by atoms with Gasteiger partial charge in [0.2, 0.25) is 0 Å². The molecule has 1 aliphatic rings. The van der Waals surface area contributed by atoms with Crippen molar-refractivity contribution in [2.75, 3.05) is 33.2 Å². The third kappa shape index (κ3) is 3.89. The largest absolute Gasteiger partial charge is 0.316 e. The summed E-state index contributed by atoms with van der Waals surface area (Å²) in [6.45, 7) is 3.63. The lowest BCUT2D eigenvalue weighted by molar-refractivity contribution is 0.0929. The molecule has 18 heavy (non-hydrogen) atoms. The van der Waals surface area contributed by atoms with Gasteiger partial charge in [0.15, 0.2) is 5.78 Å². The van der Waals surface area contributed by atoms with E-state index in [-0.39, 0.29) is 5.78 Å². The molecular formula is C14H21N3O. The average molecular weight is 247 g/mol. The standard InChI is InChI=1S/C14H21N3O/c1-17(10-12-5-4-7-15-9-12)11-14(18)13-6-2-3-8-16-13/h2-3,6,8,12,15H,4-5,7,9-11H2,1H3. The van der Waals surface area contributed by atoms with E-state index in [0.717, 1.165) is 19.6 Å². The Morgan fingerprint density at radius 3 is 3.11 bits per heavy atom. The fraction of sp³-hybridized carbons (Fsp3) is 0.571. The third-order valence-corrected chi connectivity index (χ3v) is 3.33. The number of nitrogens with one attached hydrogen (secondary N) is 1. The molecule has 2 heterocycles. The van der Waals surface area contributed by atoms with Crippen molar-refractivity contribution in [3.63, 3.8) is 0 Å². The lowest BCUT2D eigenvalue weighted by Gasteiger charge is -2.27. The number of nitrogens with zero attached hydrogens (tertiary/aromatic N) is 2. The van der Waals surface area contributed by atoms with Crippen LogP contribution >= 0.6 is 0 Å². The minimum absolute atomic E-state index is 0.0990. The summed E-state index contributed by atoms with van der Waals surface area (Å²) >= 11 is 0. The second kappa shape index (κ2) is 6.61. The smallest absolute Gasteiger partial charge is 0.195 e. The van der Waals surface area contributed by atoms with Crippen molar-refractivity contribution < 1.29 is 4.79 Å². The lowest BCUT2D eigenvalue weighted by atomic mass is 9.99. The number of carbonyl (C=O) groups is 1. The van der Waals surface area contributed by atoms with Gasteiger partial charge in [-0.2, -0.15) is 0 Å². The Morgan fingerprint density at radius 2 is 2.44 bits per heavy atom. The van der Waals surface area contributed by atoms with Crippen LogP contribution in [0.2, 0.25) is 0 Å². The minimum Gasteiger partial charge on any atom is -0.316 e. The van der Waals surface area contributed by atoms with Crippen molar-refractivity contribution in [1.82, 2.24) is 15.2 Å². The molecule has 1 saturated heterocycles. The number of piperidine rings is 1. The minimum atomic E-state index is 0.0990. The number of aromatic nitrogens is 1. The molecule has 0 saturated carbocycles. The second-order valence-electron chi connectivity index (χ2n) is 5.05.